The minimum absolute atomic E-state index is 0.0734. The largest absolute Gasteiger partial charge is 0.273 e. The lowest BCUT2D eigenvalue weighted by Crippen LogP contribution is -2.12. The number of aromatic nitrogens is 1. The number of aryl methyl sites for hydroxylation is 1. The van der Waals surface area contributed by atoms with Crippen LogP contribution >= 0.6 is 11.5 Å². The Balaban J connectivity index is 2.36. The Kier molecular flexibility index (Phi) is 2.56. The van der Waals surface area contributed by atoms with Gasteiger partial charge >= 0.3 is 0 Å². The molecule has 0 aliphatic rings. The molecule has 2 aromatic carbocycles. The Morgan fingerprint density at radius 3 is 2.56 bits per heavy atom. The van der Waals surface area contributed by atoms with Gasteiger partial charge < -0.3 is 0 Å². The first kappa shape index (κ1) is 11.2. The van der Waals surface area contributed by atoms with Crippen LogP contribution in [0.5, 0.6) is 0 Å². The number of rotatable bonds is 1. The van der Waals surface area contributed by atoms with Crippen LogP contribution in [0.1, 0.15) is 11.1 Å². The average molecular weight is 255 g/mol. The maximum Gasteiger partial charge on any atom is 0.273 e. The highest BCUT2D eigenvalue weighted by atomic mass is 32.1. The molecular formula is C15H13NOS. The Morgan fingerprint density at radius 2 is 1.78 bits per heavy atom. The van der Waals surface area contributed by atoms with E-state index < -0.39 is 0 Å². The summed E-state index contributed by atoms with van der Waals surface area (Å²) < 4.78 is 2.82. The molecule has 0 bridgehead atoms. The van der Waals surface area contributed by atoms with E-state index in [4.69, 9.17) is 0 Å². The normalized spacial score (nSPS) is 11.0. The quantitative estimate of drug-likeness (QED) is 0.650. The molecule has 0 aliphatic carbocycles. The standard InChI is InChI=1S/C15H13NOS/c1-10-6-5-8-13(11(10)2)16-15(17)12-7-3-4-9-14(12)18-16/h3-9H,1-2H3. The van der Waals surface area contributed by atoms with Gasteiger partial charge in [0.1, 0.15) is 0 Å². The summed E-state index contributed by atoms with van der Waals surface area (Å²) in [7, 11) is 0. The number of hydrogen-bond acceptors (Lipinski definition) is 2. The lowest BCUT2D eigenvalue weighted by Gasteiger charge is -2.07. The van der Waals surface area contributed by atoms with Crippen LogP contribution in [0.15, 0.2) is 47.3 Å². The van der Waals surface area contributed by atoms with Crippen LogP contribution in [0.4, 0.5) is 0 Å². The average Bonchev–Trinajstić information content (AvgIpc) is 2.71. The van der Waals surface area contributed by atoms with E-state index in [1.807, 2.05) is 36.4 Å². The van der Waals surface area contributed by atoms with E-state index in [2.05, 4.69) is 19.9 Å². The highest BCUT2D eigenvalue weighted by molar-refractivity contribution is 7.14. The molecule has 18 heavy (non-hydrogen) atoms. The first-order valence-corrected chi connectivity index (χ1v) is 6.63. The molecule has 0 amide bonds. The van der Waals surface area contributed by atoms with Gasteiger partial charge in [0.25, 0.3) is 5.56 Å². The molecule has 3 rings (SSSR count). The number of fused-ring (bicyclic) bond motifs is 1. The lowest BCUT2D eigenvalue weighted by atomic mass is 10.1. The molecule has 0 saturated heterocycles. The zero-order valence-electron chi connectivity index (χ0n) is 10.3. The van der Waals surface area contributed by atoms with Gasteiger partial charge in [0.15, 0.2) is 0 Å². The van der Waals surface area contributed by atoms with Gasteiger partial charge in [0.05, 0.1) is 15.8 Å². The van der Waals surface area contributed by atoms with Gasteiger partial charge in [0.2, 0.25) is 0 Å². The molecule has 0 aliphatic heterocycles. The monoisotopic (exact) mass is 255 g/mol. The van der Waals surface area contributed by atoms with Crippen molar-refractivity contribution in [3.63, 3.8) is 0 Å². The second-order valence-electron chi connectivity index (χ2n) is 4.41. The van der Waals surface area contributed by atoms with Crippen molar-refractivity contribution in [3.05, 3.63) is 63.9 Å². The number of nitrogens with zero attached hydrogens (tertiary/aromatic N) is 1. The van der Waals surface area contributed by atoms with Crippen LogP contribution in [0.25, 0.3) is 15.8 Å². The number of hydrogen-bond donors (Lipinski definition) is 0. The minimum atomic E-state index is 0.0734. The minimum Gasteiger partial charge on any atom is -0.267 e. The van der Waals surface area contributed by atoms with E-state index >= 15 is 0 Å². The second kappa shape index (κ2) is 4.10. The highest BCUT2D eigenvalue weighted by Gasteiger charge is 2.10. The van der Waals surface area contributed by atoms with Crippen molar-refractivity contribution in [2.45, 2.75) is 13.8 Å². The maximum atomic E-state index is 12.4. The fraction of sp³-hybridized carbons (Fsp3) is 0.133. The van der Waals surface area contributed by atoms with Gasteiger partial charge in [0, 0.05) is 0 Å². The molecule has 0 unspecified atom stereocenters. The summed E-state index contributed by atoms with van der Waals surface area (Å²) in [5, 5.41) is 0.795. The SMILES string of the molecule is Cc1cccc(-n2sc3ccccc3c2=O)c1C. The molecule has 3 heteroatoms. The molecule has 0 radical (unpaired) electrons. The molecule has 1 aromatic heterocycles. The summed E-state index contributed by atoms with van der Waals surface area (Å²) in [6.45, 7) is 4.12. The third-order valence-corrected chi connectivity index (χ3v) is 4.38. The molecule has 0 fully saturated rings. The molecule has 0 spiro atoms. The van der Waals surface area contributed by atoms with Gasteiger partial charge in [-0.3, -0.25) is 4.79 Å². The lowest BCUT2D eigenvalue weighted by molar-refractivity contribution is 1.11. The predicted octanol–water partition coefficient (Wildman–Crippen LogP) is 3.67. The summed E-state index contributed by atoms with van der Waals surface area (Å²) in [6.07, 6.45) is 0. The summed E-state index contributed by atoms with van der Waals surface area (Å²) >= 11 is 1.50. The maximum absolute atomic E-state index is 12.4. The van der Waals surface area contributed by atoms with Crippen LogP contribution < -0.4 is 5.56 Å². The highest BCUT2D eigenvalue weighted by Crippen LogP contribution is 2.23. The second-order valence-corrected chi connectivity index (χ2v) is 5.39. The van der Waals surface area contributed by atoms with E-state index in [-0.39, 0.29) is 5.56 Å². The fourth-order valence-electron chi connectivity index (χ4n) is 2.09. The van der Waals surface area contributed by atoms with E-state index in [9.17, 15) is 4.79 Å². The van der Waals surface area contributed by atoms with E-state index in [0.29, 0.717) is 0 Å². The van der Waals surface area contributed by atoms with Crippen molar-refractivity contribution in [2.75, 3.05) is 0 Å². The molecule has 90 valence electrons. The first-order chi connectivity index (χ1) is 8.68. The van der Waals surface area contributed by atoms with Gasteiger partial charge in [-0.05, 0) is 43.2 Å². The van der Waals surface area contributed by atoms with Crippen molar-refractivity contribution < 1.29 is 0 Å². The molecule has 2 nitrogen and oxygen atoms in total. The van der Waals surface area contributed by atoms with Crippen LogP contribution in [0.3, 0.4) is 0 Å². The third kappa shape index (κ3) is 1.59. The molecule has 1 heterocycles. The van der Waals surface area contributed by atoms with Gasteiger partial charge in [-0.15, -0.1) is 0 Å². The van der Waals surface area contributed by atoms with Crippen molar-refractivity contribution in [3.8, 4) is 5.69 Å². The van der Waals surface area contributed by atoms with Gasteiger partial charge in [-0.2, -0.15) is 0 Å². The molecule has 0 saturated carbocycles. The Hall–Kier alpha value is -1.87. The van der Waals surface area contributed by atoms with Crippen LogP contribution in [0, 0.1) is 13.8 Å². The zero-order valence-corrected chi connectivity index (χ0v) is 11.1. The van der Waals surface area contributed by atoms with Crippen LogP contribution in [-0.4, -0.2) is 3.96 Å². The van der Waals surface area contributed by atoms with E-state index in [1.54, 1.807) is 3.96 Å². The Bertz CT molecular complexity index is 783. The van der Waals surface area contributed by atoms with E-state index in [1.165, 1.54) is 17.1 Å². The van der Waals surface area contributed by atoms with Crippen molar-refractivity contribution in [1.29, 1.82) is 0 Å². The Morgan fingerprint density at radius 1 is 1.00 bits per heavy atom. The molecule has 3 aromatic rings. The zero-order chi connectivity index (χ0) is 12.7. The smallest absolute Gasteiger partial charge is 0.267 e. The summed E-state index contributed by atoms with van der Waals surface area (Å²) in [4.78, 5) is 12.4. The van der Waals surface area contributed by atoms with Gasteiger partial charge in [-0.25, -0.2) is 3.96 Å². The first-order valence-electron chi connectivity index (χ1n) is 5.86. The van der Waals surface area contributed by atoms with Gasteiger partial charge in [-0.1, -0.05) is 35.8 Å². The van der Waals surface area contributed by atoms with Crippen LogP contribution in [0.2, 0.25) is 0 Å². The van der Waals surface area contributed by atoms with E-state index in [0.717, 1.165) is 21.3 Å². The molecule has 0 N–H and O–H groups in total. The molecule has 0 atom stereocenters. The number of benzene rings is 2. The fourth-order valence-corrected chi connectivity index (χ4v) is 3.15. The van der Waals surface area contributed by atoms with Crippen LogP contribution in [-0.2, 0) is 0 Å². The summed E-state index contributed by atoms with van der Waals surface area (Å²) in [6, 6.07) is 13.8. The summed E-state index contributed by atoms with van der Waals surface area (Å²) in [5.41, 5.74) is 3.42. The topological polar surface area (TPSA) is 22.0 Å². The van der Waals surface area contributed by atoms with Crippen molar-refractivity contribution >= 4 is 21.6 Å². The third-order valence-electron chi connectivity index (χ3n) is 3.29. The van der Waals surface area contributed by atoms with Crippen molar-refractivity contribution in [2.24, 2.45) is 0 Å². The Labute approximate surface area is 109 Å². The molecular weight excluding hydrogens is 242 g/mol. The summed E-state index contributed by atoms with van der Waals surface area (Å²) in [5.74, 6) is 0. The van der Waals surface area contributed by atoms with Crippen molar-refractivity contribution in [1.82, 2.24) is 3.96 Å². The predicted molar refractivity (Wildman–Crippen MR) is 76.9 cm³/mol.